The van der Waals surface area contributed by atoms with Gasteiger partial charge >= 0.3 is 0 Å². The van der Waals surface area contributed by atoms with Crippen molar-refractivity contribution in [3.8, 4) is 0 Å². The summed E-state index contributed by atoms with van der Waals surface area (Å²) in [5.74, 6) is 0. The standard InChI is InChI=1S/C16H26N2/c1-14(2)17-12-16-10-6-7-11-18(16)13-15-8-4-3-5-9-15/h3-5,8-9,14,16-17H,6-7,10-13H2,1-2H3/t16-/m0/s1. The molecule has 1 fully saturated rings. The molecule has 0 amide bonds. The highest BCUT2D eigenvalue weighted by Gasteiger charge is 2.22. The molecule has 2 nitrogen and oxygen atoms in total. The zero-order valence-corrected chi connectivity index (χ0v) is 11.7. The molecular formula is C16H26N2. The van der Waals surface area contributed by atoms with Crippen LogP contribution in [-0.4, -0.2) is 30.1 Å². The number of likely N-dealkylation sites (tertiary alicyclic amines) is 1. The molecule has 1 saturated heterocycles. The van der Waals surface area contributed by atoms with E-state index in [0.29, 0.717) is 12.1 Å². The Morgan fingerprint density at radius 3 is 2.72 bits per heavy atom. The van der Waals surface area contributed by atoms with Crippen LogP contribution >= 0.6 is 0 Å². The molecule has 1 aromatic carbocycles. The van der Waals surface area contributed by atoms with Crippen LogP contribution in [0, 0.1) is 0 Å². The van der Waals surface area contributed by atoms with Gasteiger partial charge in [0.2, 0.25) is 0 Å². The molecule has 1 N–H and O–H groups in total. The Kier molecular flexibility index (Phi) is 5.21. The van der Waals surface area contributed by atoms with E-state index >= 15 is 0 Å². The second-order valence-corrected chi connectivity index (χ2v) is 5.67. The van der Waals surface area contributed by atoms with Crippen LogP contribution in [0.25, 0.3) is 0 Å². The van der Waals surface area contributed by atoms with Crippen LogP contribution in [0.2, 0.25) is 0 Å². The summed E-state index contributed by atoms with van der Waals surface area (Å²) in [6, 6.07) is 12.1. The molecule has 100 valence electrons. The molecule has 0 unspecified atom stereocenters. The Balaban J connectivity index is 1.91. The van der Waals surface area contributed by atoms with Crippen molar-refractivity contribution < 1.29 is 0 Å². The van der Waals surface area contributed by atoms with E-state index in [1.54, 1.807) is 0 Å². The van der Waals surface area contributed by atoms with Crippen molar-refractivity contribution in [2.24, 2.45) is 0 Å². The Morgan fingerprint density at radius 1 is 1.22 bits per heavy atom. The van der Waals surface area contributed by atoms with Gasteiger partial charge in [-0.3, -0.25) is 4.90 Å². The molecule has 0 aromatic heterocycles. The van der Waals surface area contributed by atoms with Gasteiger partial charge in [0.25, 0.3) is 0 Å². The SMILES string of the molecule is CC(C)NC[C@@H]1CCCCN1Cc1ccccc1. The van der Waals surface area contributed by atoms with Gasteiger partial charge in [0.15, 0.2) is 0 Å². The van der Waals surface area contributed by atoms with Crippen molar-refractivity contribution >= 4 is 0 Å². The normalized spacial score (nSPS) is 21.4. The van der Waals surface area contributed by atoms with Crippen LogP contribution in [-0.2, 0) is 6.54 Å². The predicted octanol–water partition coefficient (Wildman–Crippen LogP) is 3.04. The third-order valence-electron chi connectivity index (χ3n) is 3.74. The second-order valence-electron chi connectivity index (χ2n) is 5.67. The quantitative estimate of drug-likeness (QED) is 0.859. The van der Waals surface area contributed by atoms with Gasteiger partial charge in [-0.25, -0.2) is 0 Å². The average molecular weight is 246 g/mol. The lowest BCUT2D eigenvalue weighted by atomic mass is 10.0. The van der Waals surface area contributed by atoms with Crippen LogP contribution in [0.15, 0.2) is 30.3 Å². The summed E-state index contributed by atoms with van der Waals surface area (Å²) in [6.45, 7) is 7.93. The van der Waals surface area contributed by atoms with Gasteiger partial charge in [-0.1, -0.05) is 50.6 Å². The molecule has 2 rings (SSSR count). The second kappa shape index (κ2) is 6.91. The Labute approximate surface area is 111 Å². The summed E-state index contributed by atoms with van der Waals surface area (Å²) in [5.41, 5.74) is 1.44. The van der Waals surface area contributed by atoms with Crippen molar-refractivity contribution in [3.05, 3.63) is 35.9 Å². The smallest absolute Gasteiger partial charge is 0.0237 e. The monoisotopic (exact) mass is 246 g/mol. The number of hydrogen-bond donors (Lipinski definition) is 1. The molecule has 1 atom stereocenters. The zero-order valence-electron chi connectivity index (χ0n) is 11.7. The third kappa shape index (κ3) is 4.11. The molecule has 1 aromatic rings. The summed E-state index contributed by atoms with van der Waals surface area (Å²) in [4.78, 5) is 2.65. The van der Waals surface area contributed by atoms with Crippen molar-refractivity contribution in [2.75, 3.05) is 13.1 Å². The fraction of sp³-hybridized carbons (Fsp3) is 0.625. The minimum atomic E-state index is 0.588. The molecule has 1 aliphatic heterocycles. The maximum atomic E-state index is 3.59. The van der Waals surface area contributed by atoms with Gasteiger partial charge in [0.1, 0.15) is 0 Å². The topological polar surface area (TPSA) is 15.3 Å². The van der Waals surface area contributed by atoms with Gasteiger partial charge < -0.3 is 5.32 Å². The molecule has 18 heavy (non-hydrogen) atoms. The molecule has 1 heterocycles. The van der Waals surface area contributed by atoms with Crippen molar-refractivity contribution in [1.82, 2.24) is 10.2 Å². The molecule has 0 aliphatic carbocycles. The minimum absolute atomic E-state index is 0.588. The summed E-state index contributed by atoms with van der Waals surface area (Å²) in [7, 11) is 0. The predicted molar refractivity (Wildman–Crippen MR) is 77.6 cm³/mol. The first kappa shape index (κ1) is 13.6. The van der Waals surface area contributed by atoms with E-state index in [2.05, 4.69) is 54.4 Å². The van der Waals surface area contributed by atoms with Gasteiger partial charge in [-0.2, -0.15) is 0 Å². The lowest BCUT2D eigenvalue weighted by molar-refractivity contribution is 0.136. The highest BCUT2D eigenvalue weighted by molar-refractivity contribution is 5.14. The first-order valence-electron chi connectivity index (χ1n) is 7.27. The number of nitrogens with one attached hydrogen (secondary N) is 1. The van der Waals surface area contributed by atoms with Gasteiger partial charge in [0.05, 0.1) is 0 Å². The Morgan fingerprint density at radius 2 is 2.00 bits per heavy atom. The molecule has 0 bridgehead atoms. The summed E-state index contributed by atoms with van der Waals surface area (Å²) < 4.78 is 0. The highest BCUT2D eigenvalue weighted by Crippen LogP contribution is 2.19. The van der Waals surface area contributed by atoms with Crippen molar-refractivity contribution in [1.29, 1.82) is 0 Å². The van der Waals surface area contributed by atoms with Gasteiger partial charge in [0, 0.05) is 25.2 Å². The Hall–Kier alpha value is -0.860. The first-order chi connectivity index (χ1) is 8.75. The summed E-state index contributed by atoms with van der Waals surface area (Å²) in [6.07, 6.45) is 4.08. The number of piperidine rings is 1. The average Bonchev–Trinajstić information content (AvgIpc) is 2.39. The fourth-order valence-electron chi connectivity index (χ4n) is 2.69. The van der Waals surface area contributed by atoms with E-state index < -0.39 is 0 Å². The van der Waals surface area contributed by atoms with E-state index in [9.17, 15) is 0 Å². The molecule has 2 heteroatoms. The van der Waals surface area contributed by atoms with E-state index in [-0.39, 0.29) is 0 Å². The van der Waals surface area contributed by atoms with E-state index in [0.717, 1.165) is 13.1 Å². The van der Waals surface area contributed by atoms with Gasteiger partial charge in [-0.05, 0) is 24.9 Å². The van der Waals surface area contributed by atoms with E-state index in [1.807, 2.05) is 0 Å². The van der Waals surface area contributed by atoms with Crippen LogP contribution in [0.5, 0.6) is 0 Å². The first-order valence-corrected chi connectivity index (χ1v) is 7.27. The highest BCUT2D eigenvalue weighted by atomic mass is 15.2. The van der Waals surface area contributed by atoms with Crippen molar-refractivity contribution in [2.45, 2.75) is 51.7 Å². The Bertz CT molecular complexity index is 334. The van der Waals surface area contributed by atoms with E-state index in [4.69, 9.17) is 0 Å². The van der Waals surface area contributed by atoms with Crippen LogP contribution in [0.3, 0.4) is 0 Å². The van der Waals surface area contributed by atoms with Crippen molar-refractivity contribution in [3.63, 3.8) is 0 Å². The summed E-state index contributed by atoms with van der Waals surface area (Å²) in [5, 5.41) is 3.59. The minimum Gasteiger partial charge on any atom is -0.313 e. The molecule has 1 aliphatic rings. The summed E-state index contributed by atoms with van der Waals surface area (Å²) >= 11 is 0. The largest absolute Gasteiger partial charge is 0.313 e. The molecule has 0 spiro atoms. The van der Waals surface area contributed by atoms with E-state index in [1.165, 1.54) is 31.4 Å². The third-order valence-corrected chi connectivity index (χ3v) is 3.74. The number of rotatable bonds is 5. The number of nitrogens with zero attached hydrogens (tertiary/aromatic N) is 1. The van der Waals surface area contributed by atoms with Crippen LogP contribution in [0.1, 0.15) is 38.7 Å². The lowest BCUT2D eigenvalue weighted by Gasteiger charge is -2.36. The number of hydrogen-bond acceptors (Lipinski definition) is 2. The molecule has 0 saturated carbocycles. The zero-order chi connectivity index (χ0) is 12.8. The lowest BCUT2D eigenvalue weighted by Crippen LogP contribution is -2.46. The molecule has 0 radical (unpaired) electrons. The maximum absolute atomic E-state index is 3.59. The molecular weight excluding hydrogens is 220 g/mol. The van der Waals surface area contributed by atoms with Crippen LogP contribution < -0.4 is 5.32 Å². The van der Waals surface area contributed by atoms with Gasteiger partial charge in [-0.15, -0.1) is 0 Å². The fourth-order valence-corrected chi connectivity index (χ4v) is 2.69. The maximum Gasteiger partial charge on any atom is 0.0237 e. The number of benzene rings is 1. The van der Waals surface area contributed by atoms with Crippen LogP contribution in [0.4, 0.5) is 0 Å².